The molecule has 0 radical (unpaired) electrons. The van der Waals surface area contributed by atoms with Crippen LogP contribution >= 0.6 is 0 Å². The Morgan fingerprint density at radius 2 is 1.21 bits per heavy atom. The van der Waals surface area contributed by atoms with Crippen molar-refractivity contribution in [2.75, 3.05) is 5.73 Å². The fourth-order valence-electron chi connectivity index (χ4n) is 3.05. The van der Waals surface area contributed by atoms with Gasteiger partial charge in [0.15, 0.2) is 5.82 Å². The van der Waals surface area contributed by atoms with E-state index >= 15 is 0 Å². The average molecular weight is 584 g/mol. The van der Waals surface area contributed by atoms with E-state index in [0.717, 1.165) is 6.92 Å². The molecule has 1 heterocycles. The van der Waals surface area contributed by atoms with E-state index in [1.54, 1.807) is 0 Å². The van der Waals surface area contributed by atoms with Gasteiger partial charge in [-0.3, -0.25) is 0 Å². The van der Waals surface area contributed by atoms with E-state index in [9.17, 15) is 65.9 Å². The monoisotopic (exact) mass is 584 g/mol. The van der Waals surface area contributed by atoms with Crippen LogP contribution in [-0.2, 0) is 18.9 Å². The van der Waals surface area contributed by atoms with Gasteiger partial charge < -0.3 is 5.73 Å². The summed E-state index contributed by atoms with van der Waals surface area (Å²) in [5.41, 5.74) is 6.49. The summed E-state index contributed by atoms with van der Waals surface area (Å²) in [6.07, 6.45) is -8.21. The number of anilines is 1. The lowest BCUT2D eigenvalue weighted by Gasteiger charge is -2.41. The van der Waals surface area contributed by atoms with E-state index < -0.39 is 66.3 Å². The van der Waals surface area contributed by atoms with E-state index in [4.69, 9.17) is 5.73 Å². The summed E-state index contributed by atoms with van der Waals surface area (Å²) in [6.45, 7) is 1.55. The van der Waals surface area contributed by atoms with Gasteiger partial charge in [-0.05, 0) is 31.0 Å². The minimum absolute atomic E-state index is 0.190. The molecule has 2 rings (SSSR count). The molecule has 1 aromatic carbocycles. The van der Waals surface area contributed by atoms with Crippen LogP contribution in [-0.4, -0.2) is 50.6 Å². The van der Waals surface area contributed by atoms with Gasteiger partial charge in [-0.1, -0.05) is 12.1 Å². The third-order valence-corrected chi connectivity index (χ3v) is 5.32. The number of benzene rings is 1. The second kappa shape index (κ2) is 9.10. The molecule has 2 N–H and O–H groups in total. The third kappa shape index (κ3) is 4.40. The number of nitrogens with two attached hydrogens (primary N) is 1. The van der Waals surface area contributed by atoms with E-state index in [2.05, 4.69) is 10.1 Å². The molecule has 0 unspecified atom stereocenters. The quantitative estimate of drug-likeness (QED) is 0.267. The lowest BCUT2D eigenvalue weighted by Crippen LogP contribution is -2.72. The van der Waals surface area contributed by atoms with E-state index in [1.807, 2.05) is 0 Å². The maximum atomic E-state index is 14.6. The molecule has 216 valence electrons. The maximum absolute atomic E-state index is 14.6. The van der Waals surface area contributed by atoms with Gasteiger partial charge in [0.2, 0.25) is 5.82 Å². The Morgan fingerprint density at radius 1 is 0.737 bits per heavy atom. The van der Waals surface area contributed by atoms with Crippen molar-refractivity contribution in [2.24, 2.45) is 0 Å². The average Bonchev–Trinajstić information content (AvgIpc) is 3.18. The Balaban J connectivity index is 2.61. The predicted molar refractivity (Wildman–Crippen MR) is 98.8 cm³/mol. The number of hydrogen-bond acceptors (Lipinski definition) is 3. The second-order valence-electron chi connectivity index (χ2n) is 7.98. The molecule has 0 saturated carbocycles. The van der Waals surface area contributed by atoms with Crippen molar-refractivity contribution in [3.63, 3.8) is 0 Å². The van der Waals surface area contributed by atoms with Crippen molar-refractivity contribution in [3.05, 3.63) is 41.0 Å². The molecule has 0 aliphatic rings. The zero-order valence-corrected chi connectivity index (χ0v) is 18.7. The van der Waals surface area contributed by atoms with Crippen LogP contribution in [0.4, 0.5) is 71.5 Å². The maximum Gasteiger partial charge on any atom is 0.460 e. The van der Waals surface area contributed by atoms with Crippen molar-refractivity contribution in [1.82, 2.24) is 14.8 Å². The van der Waals surface area contributed by atoms with Crippen LogP contribution in [0.3, 0.4) is 0 Å². The normalized spacial score (nSPS) is 14.8. The van der Waals surface area contributed by atoms with Crippen LogP contribution in [0.5, 0.6) is 0 Å². The topological polar surface area (TPSA) is 56.7 Å². The van der Waals surface area contributed by atoms with Crippen LogP contribution in [0.1, 0.15) is 29.7 Å². The first-order valence-corrected chi connectivity index (χ1v) is 9.94. The minimum Gasteiger partial charge on any atom is -0.399 e. The van der Waals surface area contributed by atoms with Crippen LogP contribution in [0.2, 0.25) is 0 Å². The molecule has 0 fully saturated rings. The van der Waals surface area contributed by atoms with Gasteiger partial charge >= 0.3 is 41.7 Å². The number of hydrogen-bond donors (Lipinski definition) is 1. The predicted octanol–water partition coefficient (Wildman–Crippen LogP) is 6.61. The van der Waals surface area contributed by atoms with Gasteiger partial charge in [0, 0.05) is 18.7 Å². The van der Waals surface area contributed by atoms with Gasteiger partial charge in [-0.25, -0.2) is 9.67 Å². The SMILES string of the molecule is CCn1nc(Cc2ccc(N)c(C)c2)nc1C(F)(F)C(F)(F)C(F)(F)C(F)(F)C(F)(F)C(F)(F)C(F)(F)F. The van der Waals surface area contributed by atoms with Crippen LogP contribution in [0.25, 0.3) is 0 Å². The lowest BCUT2D eigenvalue weighted by atomic mass is 9.91. The van der Waals surface area contributed by atoms with Crippen LogP contribution in [0, 0.1) is 6.92 Å². The first kappa shape index (κ1) is 31.3. The molecule has 4 nitrogen and oxygen atoms in total. The number of halogens is 15. The molecular weight excluding hydrogens is 569 g/mol. The zero-order valence-electron chi connectivity index (χ0n) is 18.7. The molecule has 38 heavy (non-hydrogen) atoms. The molecule has 19 heteroatoms. The van der Waals surface area contributed by atoms with Gasteiger partial charge in [-0.2, -0.15) is 71.0 Å². The zero-order chi connectivity index (χ0) is 29.9. The number of nitrogens with zero attached hydrogens (tertiary/aromatic N) is 3. The lowest BCUT2D eigenvalue weighted by molar-refractivity contribution is -0.454. The first-order chi connectivity index (χ1) is 16.8. The molecule has 0 spiro atoms. The highest BCUT2D eigenvalue weighted by molar-refractivity contribution is 5.48. The molecule has 0 atom stereocenters. The molecule has 0 aliphatic heterocycles. The highest BCUT2D eigenvalue weighted by Gasteiger charge is 2.93. The Labute approximate surface area is 202 Å². The van der Waals surface area contributed by atoms with Gasteiger partial charge in [0.25, 0.3) is 0 Å². The molecular formula is C19H15F15N4. The summed E-state index contributed by atoms with van der Waals surface area (Å²) in [4.78, 5) is 2.91. The molecule has 0 bridgehead atoms. The summed E-state index contributed by atoms with van der Waals surface area (Å²) >= 11 is 0. The molecule has 2 aromatic rings. The number of aryl methyl sites for hydroxylation is 2. The van der Waals surface area contributed by atoms with Gasteiger partial charge in [-0.15, -0.1) is 0 Å². The Bertz CT molecular complexity index is 1170. The minimum atomic E-state index is -8.37. The fraction of sp³-hybridized carbons (Fsp3) is 0.579. The number of aromatic nitrogens is 3. The summed E-state index contributed by atoms with van der Waals surface area (Å²) < 4.78 is 203. The Kier molecular flexibility index (Phi) is 7.50. The summed E-state index contributed by atoms with van der Waals surface area (Å²) in [6, 6.07) is 3.97. The first-order valence-electron chi connectivity index (χ1n) is 9.94. The van der Waals surface area contributed by atoms with Crippen LogP contribution < -0.4 is 5.73 Å². The number of alkyl halides is 15. The van der Waals surface area contributed by atoms with E-state index in [-0.39, 0.29) is 15.9 Å². The van der Waals surface area contributed by atoms with Crippen molar-refractivity contribution < 1.29 is 65.9 Å². The molecule has 0 amide bonds. The third-order valence-electron chi connectivity index (χ3n) is 5.32. The van der Waals surface area contributed by atoms with E-state index in [1.165, 1.54) is 25.1 Å². The fourth-order valence-corrected chi connectivity index (χ4v) is 3.05. The molecule has 0 saturated heterocycles. The van der Waals surface area contributed by atoms with Gasteiger partial charge in [0.1, 0.15) is 0 Å². The van der Waals surface area contributed by atoms with Gasteiger partial charge in [0.05, 0.1) is 0 Å². The molecule has 0 aliphatic carbocycles. The van der Waals surface area contributed by atoms with Crippen molar-refractivity contribution >= 4 is 5.69 Å². The van der Waals surface area contributed by atoms with Crippen molar-refractivity contribution in [2.45, 2.75) is 68.5 Å². The summed E-state index contributed by atoms with van der Waals surface area (Å²) in [5.74, 6) is -50.5. The second-order valence-corrected chi connectivity index (χ2v) is 7.98. The standard InChI is InChI=1S/C19H15F15N4/c1-3-38-12(36-11(37-38)7-9-4-5-10(35)8(2)6-9)13(20,21)14(22,23)15(24,25)16(26,27)17(28,29)18(30,31)19(32,33)34/h4-6H,3,7,35H2,1-2H3. The smallest absolute Gasteiger partial charge is 0.399 e. The molecule has 1 aromatic heterocycles. The largest absolute Gasteiger partial charge is 0.460 e. The number of nitrogen functional groups attached to an aromatic ring is 1. The van der Waals surface area contributed by atoms with Crippen molar-refractivity contribution in [1.29, 1.82) is 0 Å². The summed E-state index contributed by atoms with van der Waals surface area (Å²) in [7, 11) is 0. The highest BCUT2D eigenvalue weighted by atomic mass is 19.4. The number of rotatable bonds is 9. The Hall–Kier alpha value is -2.89. The van der Waals surface area contributed by atoms with E-state index in [0.29, 0.717) is 5.56 Å². The highest BCUT2D eigenvalue weighted by Crippen LogP contribution is 2.63. The van der Waals surface area contributed by atoms with Crippen LogP contribution in [0.15, 0.2) is 18.2 Å². The Morgan fingerprint density at radius 3 is 1.66 bits per heavy atom. The summed E-state index contributed by atoms with van der Waals surface area (Å²) in [5, 5.41) is 3.33. The van der Waals surface area contributed by atoms with Crippen molar-refractivity contribution in [3.8, 4) is 0 Å².